The smallest absolute Gasteiger partial charge is 0.0342 e. The van der Waals surface area contributed by atoms with Crippen molar-refractivity contribution in [1.29, 1.82) is 0 Å². The summed E-state index contributed by atoms with van der Waals surface area (Å²) in [6.07, 6.45) is 7.77. The molecule has 1 N–H and O–H groups in total. The first-order valence-electron chi connectivity index (χ1n) is 5.62. The molecule has 0 spiro atoms. The van der Waals surface area contributed by atoms with Crippen molar-refractivity contribution in [2.75, 3.05) is 0 Å². The van der Waals surface area contributed by atoms with E-state index >= 15 is 0 Å². The summed E-state index contributed by atoms with van der Waals surface area (Å²) in [5, 5.41) is 3.49. The minimum absolute atomic E-state index is 0.488. The van der Waals surface area contributed by atoms with Gasteiger partial charge in [-0.3, -0.25) is 0 Å². The molecule has 0 unspecified atom stereocenters. The third-order valence-electron chi connectivity index (χ3n) is 2.94. The van der Waals surface area contributed by atoms with Gasteiger partial charge in [-0.25, -0.2) is 0 Å². The van der Waals surface area contributed by atoms with E-state index in [0.717, 1.165) is 18.5 Å². The lowest BCUT2D eigenvalue weighted by Gasteiger charge is -2.13. The Morgan fingerprint density at radius 3 is 2.31 bits per heavy atom. The molecule has 16 heavy (non-hydrogen) atoms. The van der Waals surface area contributed by atoms with Gasteiger partial charge in [-0.15, -0.1) is 0 Å². The molecular formula is C15H17N. The Labute approximate surface area is 97.2 Å². The van der Waals surface area contributed by atoms with Gasteiger partial charge in [-0.1, -0.05) is 43.5 Å². The summed E-state index contributed by atoms with van der Waals surface area (Å²) in [5.41, 5.74) is 3.97. The molecule has 1 heteroatoms. The van der Waals surface area contributed by atoms with E-state index in [-0.39, 0.29) is 0 Å². The van der Waals surface area contributed by atoms with E-state index in [9.17, 15) is 0 Å². The summed E-state index contributed by atoms with van der Waals surface area (Å²) in [4.78, 5) is 0. The predicted molar refractivity (Wildman–Crippen MR) is 69.3 cm³/mol. The molecule has 0 saturated carbocycles. The predicted octanol–water partition coefficient (Wildman–Crippen LogP) is 3.00. The first-order chi connectivity index (χ1) is 7.83. The van der Waals surface area contributed by atoms with Crippen molar-refractivity contribution in [3.63, 3.8) is 0 Å². The van der Waals surface area contributed by atoms with E-state index in [4.69, 9.17) is 0 Å². The van der Waals surface area contributed by atoms with Crippen LogP contribution in [0.2, 0.25) is 0 Å². The SMILES string of the molecule is C=C/C=C(\C=C)NC1Cc2ccccc2C1. The highest BCUT2D eigenvalue weighted by Gasteiger charge is 2.20. The van der Waals surface area contributed by atoms with Crippen LogP contribution in [0.5, 0.6) is 0 Å². The highest BCUT2D eigenvalue weighted by Crippen LogP contribution is 2.22. The minimum atomic E-state index is 0.488. The van der Waals surface area contributed by atoms with Crippen LogP contribution in [-0.2, 0) is 12.8 Å². The molecule has 0 aromatic heterocycles. The average Bonchev–Trinajstić information content (AvgIpc) is 2.70. The second kappa shape index (κ2) is 4.84. The van der Waals surface area contributed by atoms with Crippen LogP contribution in [0, 0.1) is 0 Å². The Kier molecular flexibility index (Phi) is 3.25. The number of allylic oxidation sites excluding steroid dienone is 3. The molecule has 0 saturated heterocycles. The molecule has 0 radical (unpaired) electrons. The van der Waals surface area contributed by atoms with Gasteiger partial charge in [0.2, 0.25) is 0 Å². The summed E-state index contributed by atoms with van der Waals surface area (Å²) >= 11 is 0. The number of rotatable bonds is 4. The fraction of sp³-hybridized carbons (Fsp3) is 0.200. The van der Waals surface area contributed by atoms with Crippen molar-refractivity contribution < 1.29 is 0 Å². The third-order valence-corrected chi connectivity index (χ3v) is 2.94. The van der Waals surface area contributed by atoms with Crippen molar-refractivity contribution >= 4 is 0 Å². The average molecular weight is 211 g/mol. The summed E-state index contributed by atoms with van der Waals surface area (Å²) in [5.74, 6) is 0. The molecule has 0 heterocycles. The van der Waals surface area contributed by atoms with Gasteiger partial charge in [-0.05, 0) is 36.1 Å². The maximum absolute atomic E-state index is 3.79. The number of hydrogen-bond donors (Lipinski definition) is 1. The lowest BCUT2D eigenvalue weighted by atomic mass is 10.1. The van der Waals surface area contributed by atoms with Gasteiger partial charge in [0.1, 0.15) is 0 Å². The zero-order valence-electron chi connectivity index (χ0n) is 9.45. The Morgan fingerprint density at radius 1 is 1.19 bits per heavy atom. The van der Waals surface area contributed by atoms with E-state index in [2.05, 4.69) is 42.7 Å². The third kappa shape index (κ3) is 2.25. The van der Waals surface area contributed by atoms with Crippen molar-refractivity contribution in [2.45, 2.75) is 18.9 Å². The van der Waals surface area contributed by atoms with Crippen molar-refractivity contribution in [3.8, 4) is 0 Å². The molecule has 1 aliphatic rings. The second-order valence-corrected chi connectivity index (χ2v) is 4.08. The largest absolute Gasteiger partial charge is 0.382 e. The minimum Gasteiger partial charge on any atom is -0.382 e. The van der Waals surface area contributed by atoms with E-state index < -0.39 is 0 Å². The molecule has 0 fully saturated rings. The standard InChI is InChI=1S/C15H17N/c1-3-7-14(4-2)16-15-10-12-8-5-6-9-13(12)11-15/h3-9,15-16H,1-2,10-11H2/b14-7+. The Bertz CT molecular complexity index is 404. The monoisotopic (exact) mass is 211 g/mol. The Hall–Kier alpha value is -1.76. The van der Waals surface area contributed by atoms with Gasteiger partial charge >= 0.3 is 0 Å². The molecule has 0 atom stereocenters. The fourth-order valence-electron chi connectivity index (χ4n) is 2.20. The lowest BCUT2D eigenvalue weighted by Crippen LogP contribution is -2.28. The molecule has 1 aromatic rings. The highest BCUT2D eigenvalue weighted by molar-refractivity contribution is 5.34. The van der Waals surface area contributed by atoms with Gasteiger partial charge in [0.25, 0.3) is 0 Å². The molecule has 82 valence electrons. The molecular weight excluding hydrogens is 194 g/mol. The maximum Gasteiger partial charge on any atom is 0.0342 e. The van der Waals surface area contributed by atoms with E-state index in [0.29, 0.717) is 6.04 Å². The van der Waals surface area contributed by atoms with Crippen LogP contribution in [0.25, 0.3) is 0 Å². The van der Waals surface area contributed by atoms with E-state index in [1.807, 2.05) is 12.2 Å². The van der Waals surface area contributed by atoms with Crippen molar-refractivity contribution in [3.05, 3.63) is 72.5 Å². The number of nitrogens with one attached hydrogen (secondary N) is 1. The van der Waals surface area contributed by atoms with Crippen LogP contribution < -0.4 is 5.32 Å². The fourth-order valence-corrected chi connectivity index (χ4v) is 2.20. The van der Waals surface area contributed by atoms with Gasteiger partial charge in [-0.2, -0.15) is 0 Å². The quantitative estimate of drug-likeness (QED) is 0.755. The van der Waals surface area contributed by atoms with Crippen LogP contribution >= 0.6 is 0 Å². The normalized spacial score (nSPS) is 15.6. The Morgan fingerprint density at radius 2 is 1.81 bits per heavy atom. The summed E-state index contributed by atoms with van der Waals surface area (Å²) in [6.45, 7) is 7.49. The summed E-state index contributed by atoms with van der Waals surface area (Å²) in [6, 6.07) is 9.12. The van der Waals surface area contributed by atoms with Crippen LogP contribution in [0.4, 0.5) is 0 Å². The molecule has 0 amide bonds. The van der Waals surface area contributed by atoms with Crippen LogP contribution in [-0.4, -0.2) is 6.04 Å². The van der Waals surface area contributed by atoms with Gasteiger partial charge in [0, 0.05) is 11.7 Å². The van der Waals surface area contributed by atoms with Crippen molar-refractivity contribution in [2.24, 2.45) is 0 Å². The molecule has 1 nitrogen and oxygen atoms in total. The topological polar surface area (TPSA) is 12.0 Å². The number of benzene rings is 1. The zero-order chi connectivity index (χ0) is 11.4. The van der Waals surface area contributed by atoms with Gasteiger partial charge in [0.15, 0.2) is 0 Å². The number of hydrogen-bond acceptors (Lipinski definition) is 1. The van der Waals surface area contributed by atoms with Crippen LogP contribution in [0.1, 0.15) is 11.1 Å². The maximum atomic E-state index is 3.79. The van der Waals surface area contributed by atoms with Gasteiger partial charge < -0.3 is 5.32 Å². The van der Waals surface area contributed by atoms with Crippen LogP contribution in [0.15, 0.2) is 61.3 Å². The molecule has 0 aliphatic heterocycles. The first-order valence-corrected chi connectivity index (χ1v) is 5.62. The van der Waals surface area contributed by atoms with Gasteiger partial charge in [0.05, 0.1) is 0 Å². The Balaban J connectivity index is 2.04. The molecule has 1 aromatic carbocycles. The van der Waals surface area contributed by atoms with E-state index in [1.165, 1.54) is 11.1 Å². The lowest BCUT2D eigenvalue weighted by molar-refractivity contribution is 0.604. The molecule has 0 bridgehead atoms. The van der Waals surface area contributed by atoms with Crippen molar-refractivity contribution in [1.82, 2.24) is 5.32 Å². The summed E-state index contributed by atoms with van der Waals surface area (Å²) < 4.78 is 0. The highest BCUT2D eigenvalue weighted by atomic mass is 14.9. The van der Waals surface area contributed by atoms with Crippen LogP contribution in [0.3, 0.4) is 0 Å². The summed E-state index contributed by atoms with van der Waals surface area (Å²) in [7, 11) is 0. The molecule has 2 rings (SSSR count). The van der Waals surface area contributed by atoms with E-state index in [1.54, 1.807) is 6.08 Å². The second-order valence-electron chi connectivity index (χ2n) is 4.08. The zero-order valence-corrected chi connectivity index (χ0v) is 9.45. The first kappa shape index (κ1) is 10.7. The number of fused-ring (bicyclic) bond motifs is 1. The molecule has 1 aliphatic carbocycles.